The molecule has 0 radical (unpaired) electrons. The molecule has 5 nitrogen and oxygen atoms in total. The lowest BCUT2D eigenvalue weighted by Crippen LogP contribution is -2.31. The highest BCUT2D eigenvalue weighted by molar-refractivity contribution is 6.16. The average molecular weight is 266 g/mol. The molecular formula is C12H16ClN5. The minimum Gasteiger partial charge on any atom is -0.356 e. The van der Waals surface area contributed by atoms with Crippen molar-refractivity contribution in [3.63, 3.8) is 0 Å². The van der Waals surface area contributed by atoms with Crippen molar-refractivity contribution in [2.45, 2.75) is 32.1 Å². The molecule has 1 aliphatic heterocycles. The van der Waals surface area contributed by atoms with Crippen LogP contribution in [-0.4, -0.2) is 32.7 Å². The summed E-state index contributed by atoms with van der Waals surface area (Å²) in [5.74, 6) is 2.68. The molecule has 0 aliphatic carbocycles. The molecule has 1 fully saturated rings. The normalized spacial score (nSPS) is 16.4. The van der Waals surface area contributed by atoms with Crippen molar-refractivity contribution >= 4 is 23.2 Å². The highest BCUT2D eigenvalue weighted by Crippen LogP contribution is 2.21. The van der Waals surface area contributed by atoms with Crippen LogP contribution in [0.25, 0.3) is 5.78 Å². The monoisotopic (exact) mass is 265 g/mol. The van der Waals surface area contributed by atoms with Gasteiger partial charge in [-0.1, -0.05) is 0 Å². The summed E-state index contributed by atoms with van der Waals surface area (Å²) in [6.45, 7) is 4.14. The molecule has 6 heteroatoms. The van der Waals surface area contributed by atoms with Gasteiger partial charge >= 0.3 is 0 Å². The molecule has 2 aromatic heterocycles. The molecule has 3 heterocycles. The lowest BCUT2D eigenvalue weighted by molar-refractivity contribution is 0.568. The van der Waals surface area contributed by atoms with Crippen LogP contribution in [0.3, 0.4) is 0 Å². The molecule has 18 heavy (non-hydrogen) atoms. The van der Waals surface area contributed by atoms with Crippen molar-refractivity contribution in [1.29, 1.82) is 0 Å². The first kappa shape index (κ1) is 11.7. The number of aryl methyl sites for hydroxylation is 1. The van der Waals surface area contributed by atoms with E-state index >= 15 is 0 Å². The van der Waals surface area contributed by atoms with Gasteiger partial charge in [-0.3, -0.25) is 0 Å². The Morgan fingerprint density at radius 2 is 2.00 bits per heavy atom. The van der Waals surface area contributed by atoms with E-state index in [-0.39, 0.29) is 0 Å². The minimum absolute atomic E-state index is 0.321. The fourth-order valence-electron chi connectivity index (χ4n) is 2.41. The maximum atomic E-state index is 5.80. The molecule has 0 amide bonds. The van der Waals surface area contributed by atoms with Crippen molar-refractivity contribution in [2.75, 3.05) is 18.0 Å². The van der Waals surface area contributed by atoms with Crippen LogP contribution in [0.15, 0.2) is 6.07 Å². The second-order valence-corrected chi connectivity index (χ2v) is 4.94. The van der Waals surface area contributed by atoms with Crippen LogP contribution in [0.4, 0.5) is 5.82 Å². The minimum atomic E-state index is 0.321. The van der Waals surface area contributed by atoms with Gasteiger partial charge in [0.2, 0.25) is 0 Å². The maximum absolute atomic E-state index is 5.80. The lowest BCUT2D eigenvalue weighted by atomic mass is 10.1. The Morgan fingerprint density at radius 1 is 1.22 bits per heavy atom. The topological polar surface area (TPSA) is 46.3 Å². The van der Waals surface area contributed by atoms with Gasteiger partial charge in [-0.15, -0.1) is 16.7 Å². The standard InChI is InChI=1S/C12H16ClN5/c1-9-7-11(17-5-3-2-4-6-17)18-12(14-9)15-10(8-13)16-18/h7H,2-6,8H2,1H3. The molecule has 0 saturated carbocycles. The molecule has 3 rings (SSSR count). The molecule has 1 aliphatic rings. The van der Waals surface area contributed by atoms with E-state index in [1.54, 1.807) is 0 Å². The maximum Gasteiger partial charge on any atom is 0.254 e. The third kappa shape index (κ3) is 2.03. The fourth-order valence-corrected chi connectivity index (χ4v) is 2.53. The fraction of sp³-hybridized carbons (Fsp3) is 0.583. The molecule has 1 saturated heterocycles. The van der Waals surface area contributed by atoms with Crippen LogP contribution in [0.5, 0.6) is 0 Å². The van der Waals surface area contributed by atoms with Gasteiger partial charge in [0.05, 0.1) is 5.88 Å². The van der Waals surface area contributed by atoms with Gasteiger partial charge in [-0.2, -0.15) is 9.50 Å². The number of halogens is 1. The van der Waals surface area contributed by atoms with Crippen LogP contribution in [0.2, 0.25) is 0 Å². The van der Waals surface area contributed by atoms with Crippen molar-refractivity contribution in [2.24, 2.45) is 0 Å². The number of alkyl halides is 1. The smallest absolute Gasteiger partial charge is 0.254 e. The predicted molar refractivity (Wildman–Crippen MR) is 71.1 cm³/mol. The van der Waals surface area contributed by atoms with Gasteiger partial charge in [-0.25, -0.2) is 4.98 Å². The number of anilines is 1. The number of piperidine rings is 1. The number of hydrogen-bond donors (Lipinski definition) is 0. The number of nitrogens with zero attached hydrogens (tertiary/aromatic N) is 5. The zero-order valence-electron chi connectivity index (χ0n) is 10.4. The molecule has 0 unspecified atom stereocenters. The van der Waals surface area contributed by atoms with Crippen LogP contribution in [0.1, 0.15) is 30.8 Å². The van der Waals surface area contributed by atoms with Gasteiger partial charge in [-0.05, 0) is 26.2 Å². The summed E-state index contributed by atoms with van der Waals surface area (Å²) in [5, 5.41) is 4.42. The highest BCUT2D eigenvalue weighted by Gasteiger charge is 2.17. The van der Waals surface area contributed by atoms with E-state index in [1.807, 2.05) is 11.4 Å². The summed E-state index contributed by atoms with van der Waals surface area (Å²) in [6.07, 6.45) is 3.79. The van der Waals surface area contributed by atoms with Gasteiger partial charge in [0, 0.05) is 24.8 Å². The first-order valence-electron chi connectivity index (χ1n) is 6.32. The Balaban J connectivity index is 2.10. The number of hydrogen-bond acceptors (Lipinski definition) is 4. The summed E-state index contributed by atoms with van der Waals surface area (Å²) >= 11 is 5.80. The number of aromatic nitrogens is 4. The second-order valence-electron chi connectivity index (χ2n) is 4.68. The Kier molecular flexibility index (Phi) is 3.07. The summed E-state index contributed by atoms with van der Waals surface area (Å²) in [4.78, 5) is 11.1. The van der Waals surface area contributed by atoms with Crippen LogP contribution >= 0.6 is 11.6 Å². The highest BCUT2D eigenvalue weighted by atomic mass is 35.5. The second kappa shape index (κ2) is 4.72. The number of rotatable bonds is 2. The Bertz CT molecular complexity index is 559. The first-order chi connectivity index (χ1) is 8.78. The quantitative estimate of drug-likeness (QED) is 0.781. The van der Waals surface area contributed by atoms with Gasteiger partial charge in [0.15, 0.2) is 5.82 Å². The summed E-state index contributed by atoms with van der Waals surface area (Å²) < 4.78 is 1.82. The van der Waals surface area contributed by atoms with Crippen LogP contribution in [-0.2, 0) is 5.88 Å². The molecule has 0 spiro atoms. The molecular weight excluding hydrogens is 250 g/mol. The zero-order valence-corrected chi connectivity index (χ0v) is 11.2. The third-order valence-corrected chi connectivity index (χ3v) is 3.50. The van der Waals surface area contributed by atoms with Crippen LogP contribution < -0.4 is 4.90 Å². The Morgan fingerprint density at radius 3 is 2.72 bits per heavy atom. The summed E-state index contributed by atoms with van der Waals surface area (Å²) in [5.41, 5.74) is 0.969. The van der Waals surface area contributed by atoms with Crippen molar-refractivity contribution < 1.29 is 0 Å². The Hall–Kier alpha value is -1.36. The van der Waals surface area contributed by atoms with E-state index < -0.39 is 0 Å². The SMILES string of the molecule is Cc1cc(N2CCCCC2)n2nc(CCl)nc2n1. The number of fused-ring (bicyclic) bond motifs is 1. The lowest BCUT2D eigenvalue weighted by Gasteiger charge is -2.28. The van der Waals surface area contributed by atoms with E-state index in [4.69, 9.17) is 11.6 Å². The Labute approximate surface area is 111 Å². The van der Waals surface area contributed by atoms with Gasteiger partial charge in [0.25, 0.3) is 5.78 Å². The summed E-state index contributed by atoms with van der Waals surface area (Å²) in [7, 11) is 0. The molecule has 2 aromatic rings. The van der Waals surface area contributed by atoms with Crippen molar-refractivity contribution in [3.05, 3.63) is 17.6 Å². The van der Waals surface area contributed by atoms with E-state index in [0.717, 1.165) is 24.6 Å². The summed E-state index contributed by atoms with van der Waals surface area (Å²) in [6, 6.07) is 2.07. The first-order valence-corrected chi connectivity index (χ1v) is 6.85. The molecule has 0 bridgehead atoms. The molecule has 0 aromatic carbocycles. The van der Waals surface area contributed by atoms with Crippen LogP contribution in [0, 0.1) is 6.92 Å². The third-order valence-electron chi connectivity index (χ3n) is 3.26. The van der Waals surface area contributed by atoms with E-state index in [1.165, 1.54) is 19.3 Å². The van der Waals surface area contributed by atoms with Gasteiger partial charge < -0.3 is 4.90 Å². The molecule has 0 N–H and O–H groups in total. The van der Waals surface area contributed by atoms with E-state index in [0.29, 0.717) is 17.5 Å². The largest absolute Gasteiger partial charge is 0.356 e. The van der Waals surface area contributed by atoms with E-state index in [9.17, 15) is 0 Å². The van der Waals surface area contributed by atoms with Gasteiger partial charge in [0.1, 0.15) is 5.82 Å². The van der Waals surface area contributed by atoms with Crippen molar-refractivity contribution in [1.82, 2.24) is 19.6 Å². The van der Waals surface area contributed by atoms with E-state index in [2.05, 4.69) is 26.0 Å². The zero-order chi connectivity index (χ0) is 12.5. The molecule has 96 valence electrons. The predicted octanol–water partition coefficient (Wildman–Crippen LogP) is 2.16. The average Bonchev–Trinajstić information content (AvgIpc) is 2.81. The van der Waals surface area contributed by atoms with Crippen molar-refractivity contribution in [3.8, 4) is 0 Å². The molecule has 0 atom stereocenters.